The molecule has 0 amide bonds. The van der Waals surface area contributed by atoms with Gasteiger partial charge in [-0.3, -0.25) is 0 Å². The molecule has 14 heavy (non-hydrogen) atoms. The summed E-state index contributed by atoms with van der Waals surface area (Å²) >= 11 is 5.15. The maximum Gasteiger partial charge on any atom is 0.0701 e. The van der Waals surface area contributed by atoms with Crippen molar-refractivity contribution < 1.29 is 5.11 Å². The van der Waals surface area contributed by atoms with Crippen molar-refractivity contribution in [3.8, 4) is 0 Å². The molecule has 0 aliphatic rings. The first kappa shape index (κ1) is 12.2. The van der Waals surface area contributed by atoms with E-state index in [1.54, 1.807) is 11.3 Å². The molecule has 0 radical (unpaired) electrons. The molecule has 80 valence electrons. The molecule has 1 aromatic rings. The summed E-state index contributed by atoms with van der Waals surface area (Å²) in [5.41, 5.74) is 0. The molecule has 1 unspecified atom stereocenters. The van der Waals surface area contributed by atoms with Gasteiger partial charge in [-0.05, 0) is 34.0 Å². The molecule has 0 bridgehead atoms. The van der Waals surface area contributed by atoms with Gasteiger partial charge in [-0.2, -0.15) is 0 Å². The van der Waals surface area contributed by atoms with Crippen molar-refractivity contribution in [3.63, 3.8) is 0 Å². The van der Waals surface area contributed by atoms with Crippen LogP contribution in [0.4, 0.5) is 0 Å². The van der Waals surface area contributed by atoms with Gasteiger partial charge in [-0.15, -0.1) is 11.3 Å². The SMILES string of the molecule is CC(C)C(CO)NCc1ccc(Br)s1. The minimum atomic E-state index is 0.191. The molecule has 1 aromatic heterocycles. The van der Waals surface area contributed by atoms with Gasteiger partial charge in [0.05, 0.1) is 10.4 Å². The fraction of sp³-hybridized carbons (Fsp3) is 0.600. The number of halogens is 1. The third kappa shape index (κ3) is 3.69. The Morgan fingerprint density at radius 2 is 2.21 bits per heavy atom. The Morgan fingerprint density at radius 1 is 1.50 bits per heavy atom. The molecule has 0 aromatic carbocycles. The first-order valence-corrected chi connectivity index (χ1v) is 6.33. The lowest BCUT2D eigenvalue weighted by molar-refractivity contribution is 0.210. The van der Waals surface area contributed by atoms with Crippen LogP contribution < -0.4 is 5.32 Å². The predicted octanol–water partition coefficient (Wildman–Crippen LogP) is 2.62. The lowest BCUT2D eigenvalue weighted by Crippen LogP contribution is -2.36. The summed E-state index contributed by atoms with van der Waals surface area (Å²) in [6.07, 6.45) is 0. The number of nitrogens with one attached hydrogen (secondary N) is 1. The van der Waals surface area contributed by atoms with Crippen molar-refractivity contribution in [3.05, 3.63) is 20.8 Å². The number of hydrogen-bond acceptors (Lipinski definition) is 3. The zero-order chi connectivity index (χ0) is 10.6. The van der Waals surface area contributed by atoms with E-state index in [1.165, 1.54) is 4.88 Å². The third-order valence-electron chi connectivity index (χ3n) is 2.17. The largest absolute Gasteiger partial charge is 0.395 e. The van der Waals surface area contributed by atoms with Crippen molar-refractivity contribution in [2.24, 2.45) is 5.92 Å². The molecule has 0 saturated heterocycles. The minimum absolute atomic E-state index is 0.191. The van der Waals surface area contributed by atoms with E-state index in [1.807, 2.05) is 6.07 Å². The molecule has 1 atom stereocenters. The highest BCUT2D eigenvalue weighted by atomic mass is 79.9. The van der Waals surface area contributed by atoms with E-state index in [9.17, 15) is 0 Å². The van der Waals surface area contributed by atoms with E-state index in [0.717, 1.165) is 10.3 Å². The standard InChI is InChI=1S/C10H16BrNOS/c1-7(2)9(6-13)12-5-8-3-4-10(11)14-8/h3-4,7,9,12-13H,5-6H2,1-2H3. The zero-order valence-corrected chi connectivity index (χ0v) is 10.9. The monoisotopic (exact) mass is 277 g/mol. The van der Waals surface area contributed by atoms with Crippen LogP contribution in [0.2, 0.25) is 0 Å². The van der Waals surface area contributed by atoms with Crippen LogP contribution >= 0.6 is 27.3 Å². The highest BCUT2D eigenvalue weighted by molar-refractivity contribution is 9.11. The fourth-order valence-electron chi connectivity index (χ4n) is 1.19. The summed E-state index contributed by atoms with van der Waals surface area (Å²) in [5.74, 6) is 0.461. The van der Waals surface area contributed by atoms with Gasteiger partial charge < -0.3 is 10.4 Å². The Hall–Kier alpha value is 0.1000. The van der Waals surface area contributed by atoms with Crippen LogP contribution in [0.25, 0.3) is 0 Å². The third-order valence-corrected chi connectivity index (χ3v) is 3.79. The first-order valence-electron chi connectivity index (χ1n) is 4.72. The van der Waals surface area contributed by atoms with Crippen LogP contribution in [0.3, 0.4) is 0 Å². The van der Waals surface area contributed by atoms with Crippen LogP contribution in [0, 0.1) is 5.92 Å². The van der Waals surface area contributed by atoms with Crippen LogP contribution in [0.15, 0.2) is 15.9 Å². The highest BCUT2D eigenvalue weighted by Gasteiger charge is 2.11. The molecule has 0 saturated carbocycles. The number of thiophene rings is 1. The number of hydrogen-bond donors (Lipinski definition) is 2. The number of rotatable bonds is 5. The molecule has 0 fully saturated rings. The lowest BCUT2D eigenvalue weighted by atomic mass is 10.1. The van der Waals surface area contributed by atoms with E-state index in [4.69, 9.17) is 5.11 Å². The first-order chi connectivity index (χ1) is 6.63. The van der Waals surface area contributed by atoms with Gasteiger partial charge in [0, 0.05) is 17.5 Å². The van der Waals surface area contributed by atoms with Crippen molar-refractivity contribution in [2.45, 2.75) is 26.4 Å². The highest BCUT2D eigenvalue weighted by Crippen LogP contribution is 2.21. The molecule has 0 spiro atoms. The molecule has 2 nitrogen and oxygen atoms in total. The molecule has 2 N–H and O–H groups in total. The second-order valence-corrected chi connectivity index (χ2v) is 6.17. The second-order valence-electron chi connectivity index (χ2n) is 3.62. The Bertz CT molecular complexity index is 275. The summed E-state index contributed by atoms with van der Waals surface area (Å²) < 4.78 is 1.15. The maximum absolute atomic E-state index is 9.11. The van der Waals surface area contributed by atoms with Gasteiger partial charge in [0.15, 0.2) is 0 Å². The Labute approximate surface area is 97.5 Å². The van der Waals surface area contributed by atoms with Crippen LogP contribution in [-0.2, 0) is 6.54 Å². The maximum atomic E-state index is 9.11. The Morgan fingerprint density at radius 3 is 2.64 bits per heavy atom. The molecule has 0 aliphatic heterocycles. The van der Waals surface area contributed by atoms with E-state index >= 15 is 0 Å². The molecular weight excluding hydrogens is 262 g/mol. The summed E-state index contributed by atoms with van der Waals surface area (Å²) in [5, 5.41) is 12.4. The van der Waals surface area contributed by atoms with Gasteiger partial charge in [0.2, 0.25) is 0 Å². The number of aliphatic hydroxyl groups excluding tert-OH is 1. The summed E-state index contributed by atoms with van der Waals surface area (Å²) in [6, 6.07) is 4.33. The van der Waals surface area contributed by atoms with Crippen molar-refractivity contribution in [1.82, 2.24) is 5.32 Å². The van der Waals surface area contributed by atoms with Gasteiger partial charge in [-0.1, -0.05) is 13.8 Å². The average Bonchev–Trinajstić information content (AvgIpc) is 2.52. The van der Waals surface area contributed by atoms with Gasteiger partial charge in [0.25, 0.3) is 0 Å². The second kappa shape index (κ2) is 5.85. The topological polar surface area (TPSA) is 32.3 Å². The molecule has 4 heteroatoms. The molecule has 0 aliphatic carbocycles. The van der Waals surface area contributed by atoms with E-state index in [-0.39, 0.29) is 12.6 Å². The van der Waals surface area contributed by atoms with Gasteiger partial charge in [0.1, 0.15) is 0 Å². The molecule has 1 heterocycles. The van der Waals surface area contributed by atoms with E-state index in [0.29, 0.717) is 5.92 Å². The van der Waals surface area contributed by atoms with Gasteiger partial charge >= 0.3 is 0 Å². The quantitative estimate of drug-likeness (QED) is 0.867. The predicted molar refractivity (Wildman–Crippen MR) is 64.6 cm³/mol. The lowest BCUT2D eigenvalue weighted by Gasteiger charge is -2.19. The summed E-state index contributed by atoms with van der Waals surface area (Å²) in [6.45, 7) is 5.25. The molecule has 1 rings (SSSR count). The van der Waals surface area contributed by atoms with Crippen LogP contribution in [-0.4, -0.2) is 17.8 Å². The molecular formula is C10H16BrNOS. The fourth-order valence-corrected chi connectivity index (χ4v) is 2.62. The van der Waals surface area contributed by atoms with Crippen molar-refractivity contribution >= 4 is 27.3 Å². The summed E-state index contributed by atoms with van der Waals surface area (Å²) in [4.78, 5) is 1.29. The normalized spacial score (nSPS) is 13.5. The van der Waals surface area contributed by atoms with E-state index < -0.39 is 0 Å². The van der Waals surface area contributed by atoms with Gasteiger partial charge in [-0.25, -0.2) is 0 Å². The van der Waals surface area contributed by atoms with Crippen molar-refractivity contribution in [2.75, 3.05) is 6.61 Å². The minimum Gasteiger partial charge on any atom is -0.395 e. The number of aliphatic hydroxyl groups is 1. The Balaban J connectivity index is 2.39. The smallest absolute Gasteiger partial charge is 0.0701 e. The zero-order valence-electron chi connectivity index (χ0n) is 8.46. The van der Waals surface area contributed by atoms with Crippen molar-refractivity contribution in [1.29, 1.82) is 0 Å². The van der Waals surface area contributed by atoms with E-state index in [2.05, 4.69) is 41.2 Å². The summed E-state index contributed by atoms with van der Waals surface area (Å²) in [7, 11) is 0. The van der Waals surface area contributed by atoms with Crippen LogP contribution in [0.5, 0.6) is 0 Å². The average molecular weight is 278 g/mol. The van der Waals surface area contributed by atoms with Crippen LogP contribution in [0.1, 0.15) is 18.7 Å². The Kier molecular flexibility index (Phi) is 5.09.